The lowest BCUT2D eigenvalue weighted by molar-refractivity contribution is -0.140. The topological polar surface area (TPSA) is 50.7 Å². The van der Waals surface area contributed by atoms with Crippen molar-refractivity contribution in [2.75, 3.05) is 13.1 Å². The van der Waals surface area contributed by atoms with Crippen molar-refractivity contribution in [1.82, 2.24) is 5.32 Å². The molecular formula is C14H16F2N2O2. The van der Waals surface area contributed by atoms with Gasteiger partial charge < -0.3 is 10.2 Å². The molecule has 0 unspecified atom stereocenters. The fraction of sp³-hybridized carbons (Fsp3) is 0.429. The number of oxime groups is 1. The molecule has 108 valence electrons. The highest BCUT2D eigenvalue weighted by molar-refractivity contribution is 6.02. The largest absolute Gasteiger partial charge is 0.331 e. The summed E-state index contributed by atoms with van der Waals surface area (Å²) in [6.45, 7) is 2.80. The second-order valence-electron chi connectivity index (χ2n) is 4.71. The van der Waals surface area contributed by atoms with E-state index >= 15 is 0 Å². The van der Waals surface area contributed by atoms with Crippen LogP contribution in [0.5, 0.6) is 0 Å². The Kier molecular flexibility index (Phi) is 4.79. The van der Waals surface area contributed by atoms with Gasteiger partial charge in [0.15, 0.2) is 0 Å². The number of carbonyl (C=O) groups is 1. The van der Waals surface area contributed by atoms with Crippen LogP contribution in [0.25, 0.3) is 0 Å². The van der Waals surface area contributed by atoms with Crippen molar-refractivity contribution in [3.63, 3.8) is 0 Å². The monoisotopic (exact) mass is 282 g/mol. The molecule has 6 heteroatoms. The number of hydrogen-bond acceptors (Lipinski definition) is 4. The maximum Gasteiger partial charge on any atom is 0.331 e. The lowest BCUT2D eigenvalue weighted by atomic mass is 9.88. The molecule has 1 aromatic carbocycles. The number of halogens is 2. The number of carbonyl (C=O) groups excluding carboxylic acids is 1. The second kappa shape index (κ2) is 6.56. The van der Waals surface area contributed by atoms with E-state index in [4.69, 9.17) is 0 Å². The molecule has 4 nitrogen and oxygen atoms in total. The molecule has 1 aromatic rings. The van der Waals surface area contributed by atoms with Crippen LogP contribution in [0.1, 0.15) is 25.3 Å². The molecule has 0 aliphatic carbocycles. The van der Waals surface area contributed by atoms with Crippen LogP contribution in [0.15, 0.2) is 23.4 Å². The summed E-state index contributed by atoms with van der Waals surface area (Å²) in [5, 5.41) is 6.98. The molecular weight excluding hydrogens is 266 g/mol. The van der Waals surface area contributed by atoms with Gasteiger partial charge in [0.05, 0.1) is 5.71 Å². The first-order chi connectivity index (χ1) is 9.58. The average Bonchev–Trinajstić information content (AvgIpc) is 2.42. The lowest BCUT2D eigenvalue weighted by Gasteiger charge is -2.24. The van der Waals surface area contributed by atoms with Gasteiger partial charge in [0, 0.05) is 24.5 Å². The molecule has 0 atom stereocenters. The minimum atomic E-state index is -0.700. The van der Waals surface area contributed by atoms with E-state index in [0.717, 1.165) is 32.0 Å². The van der Waals surface area contributed by atoms with Gasteiger partial charge in [-0.2, -0.15) is 0 Å². The number of piperidine rings is 1. The zero-order valence-corrected chi connectivity index (χ0v) is 11.2. The first-order valence-corrected chi connectivity index (χ1v) is 6.49. The normalized spacial score (nSPS) is 17.1. The van der Waals surface area contributed by atoms with Crippen molar-refractivity contribution in [3.8, 4) is 0 Å². The van der Waals surface area contributed by atoms with Crippen LogP contribution in [-0.4, -0.2) is 24.8 Å². The summed E-state index contributed by atoms with van der Waals surface area (Å²) in [4.78, 5) is 15.6. The fourth-order valence-electron chi connectivity index (χ4n) is 2.25. The quantitative estimate of drug-likeness (QED) is 0.525. The molecule has 0 spiro atoms. The minimum absolute atomic E-state index is 0.0180. The molecule has 1 N–H and O–H groups in total. The molecule has 1 heterocycles. The molecule has 0 amide bonds. The first kappa shape index (κ1) is 14.6. The maximum absolute atomic E-state index is 13.9. The Balaban J connectivity index is 2.34. The molecule has 1 saturated heterocycles. The fourth-order valence-corrected chi connectivity index (χ4v) is 2.25. The Morgan fingerprint density at radius 1 is 1.35 bits per heavy atom. The van der Waals surface area contributed by atoms with Crippen LogP contribution in [0.4, 0.5) is 8.78 Å². The van der Waals surface area contributed by atoms with Crippen molar-refractivity contribution in [2.24, 2.45) is 11.1 Å². The average molecular weight is 282 g/mol. The van der Waals surface area contributed by atoms with Crippen LogP contribution in [-0.2, 0) is 9.63 Å². The van der Waals surface area contributed by atoms with Crippen molar-refractivity contribution >= 4 is 11.7 Å². The van der Waals surface area contributed by atoms with Crippen LogP contribution in [0.2, 0.25) is 0 Å². The summed E-state index contributed by atoms with van der Waals surface area (Å²) in [7, 11) is 0. The molecule has 1 aliphatic rings. The molecule has 1 aliphatic heterocycles. The van der Waals surface area contributed by atoms with Gasteiger partial charge in [-0.05, 0) is 38.1 Å². The Labute approximate surface area is 115 Å². The highest BCUT2D eigenvalue weighted by Crippen LogP contribution is 2.22. The predicted octanol–water partition coefficient (Wildman–Crippen LogP) is 2.23. The van der Waals surface area contributed by atoms with Gasteiger partial charge in [0.1, 0.15) is 11.6 Å². The molecule has 20 heavy (non-hydrogen) atoms. The van der Waals surface area contributed by atoms with Crippen molar-refractivity contribution in [3.05, 3.63) is 35.4 Å². The summed E-state index contributed by atoms with van der Waals surface area (Å²) in [6.07, 6.45) is 1.52. The second-order valence-corrected chi connectivity index (χ2v) is 4.71. The number of hydrogen-bond donors (Lipinski definition) is 1. The van der Waals surface area contributed by atoms with Gasteiger partial charge in [-0.3, -0.25) is 0 Å². The van der Waals surface area contributed by atoms with Crippen LogP contribution in [0.3, 0.4) is 0 Å². The summed E-state index contributed by atoms with van der Waals surface area (Å²) in [5.74, 6) is -1.94. The lowest BCUT2D eigenvalue weighted by Crippen LogP contribution is -2.32. The molecule has 1 fully saturated rings. The van der Waals surface area contributed by atoms with E-state index in [1.165, 1.54) is 19.1 Å². The minimum Gasteiger partial charge on any atom is -0.318 e. The number of nitrogens with zero attached hydrogens (tertiary/aromatic N) is 1. The summed E-state index contributed by atoms with van der Waals surface area (Å²) in [5.41, 5.74) is 0.541. The van der Waals surface area contributed by atoms with E-state index < -0.39 is 17.6 Å². The number of nitrogens with one attached hydrogen (secondary N) is 1. The summed E-state index contributed by atoms with van der Waals surface area (Å²) >= 11 is 0. The zero-order valence-electron chi connectivity index (χ0n) is 11.2. The van der Waals surface area contributed by atoms with E-state index in [1.54, 1.807) is 0 Å². The smallest absolute Gasteiger partial charge is 0.318 e. The predicted molar refractivity (Wildman–Crippen MR) is 70.3 cm³/mol. The van der Waals surface area contributed by atoms with E-state index in [9.17, 15) is 13.6 Å². The van der Waals surface area contributed by atoms with Crippen molar-refractivity contribution in [1.29, 1.82) is 0 Å². The maximum atomic E-state index is 13.9. The van der Waals surface area contributed by atoms with Gasteiger partial charge in [0.2, 0.25) is 0 Å². The first-order valence-electron chi connectivity index (χ1n) is 6.49. The third kappa shape index (κ3) is 3.60. The van der Waals surface area contributed by atoms with Gasteiger partial charge in [-0.1, -0.05) is 5.16 Å². The third-order valence-electron chi connectivity index (χ3n) is 3.21. The molecule has 0 bridgehead atoms. The van der Waals surface area contributed by atoms with Crippen molar-refractivity contribution in [2.45, 2.75) is 19.8 Å². The Bertz CT molecular complexity index is 526. The molecule has 2 rings (SSSR count). The van der Waals surface area contributed by atoms with Crippen molar-refractivity contribution < 1.29 is 18.4 Å². The van der Waals surface area contributed by atoms with E-state index in [2.05, 4.69) is 15.3 Å². The molecule has 0 radical (unpaired) electrons. The standard InChI is InChI=1S/C14H16F2N2O2/c1-9(19)20-18-14(10-4-6-17-7-5-10)12-3-2-11(15)8-13(12)16/h2-3,8,10,17H,4-7H2,1H3/b18-14+. The number of benzene rings is 1. The Morgan fingerprint density at radius 2 is 2.05 bits per heavy atom. The van der Waals surface area contributed by atoms with Crippen LogP contribution < -0.4 is 5.32 Å². The molecule has 0 saturated carbocycles. The van der Waals surface area contributed by atoms with Crippen LogP contribution >= 0.6 is 0 Å². The van der Waals surface area contributed by atoms with E-state index in [0.29, 0.717) is 5.71 Å². The SMILES string of the molecule is CC(=O)O/N=C(/c1ccc(F)cc1F)C1CCNCC1. The summed E-state index contributed by atoms with van der Waals surface area (Å²) < 4.78 is 26.9. The number of rotatable bonds is 3. The highest BCUT2D eigenvalue weighted by atomic mass is 19.1. The Hall–Kier alpha value is -1.82. The summed E-state index contributed by atoms with van der Waals surface area (Å²) in [6, 6.07) is 3.30. The van der Waals surface area contributed by atoms with Gasteiger partial charge >= 0.3 is 5.97 Å². The van der Waals surface area contributed by atoms with Gasteiger partial charge in [-0.25, -0.2) is 13.6 Å². The third-order valence-corrected chi connectivity index (χ3v) is 3.21. The van der Waals surface area contributed by atoms with E-state index in [1.807, 2.05) is 0 Å². The zero-order chi connectivity index (χ0) is 14.5. The van der Waals surface area contributed by atoms with E-state index in [-0.39, 0.29) is 11.5 Å². The van der Waals surface area contributed by atoms with Gasteiger partial charge in [0.25, 0.3) is 0 Å². The highest BCUT2D eigenvalue weighted by Gasteiger charge is 2.24. The Morgan fingerprint density at radius 3 is 2.65 bits per heavy atom. The molecule has 0 aromatic heterocycles. The van der Waals surface area contributed by atoms with Gasteiger partial charge in [-0.15, -0.1) is 0 Å². The van der Waals surface area contributed by atoms with Crippen LogP contribution in [0, 0.1) is 17.6 Å².